The number of aromatic hydroxyl groups is 1. The Morgan fingerprint density at radius 1 is 1.38 bits per heavy atom. The van der Waals surface area contributed by atoms with Crippen molar-refractivity contribution in [3.63, 3.8) is 0 Å². The molecule has 1 aromatic heterocycles. The van der Waals surface area contributed by atoms with Crippen LogP contribution in [0.2, 0.25) is 0 Å². The number of nitrogens with one attached hydrogen (secondary N) is 1. The third kappa shape index (κ3) is 3.17. The second-order valence-corrected chi connectivity index (χ2v) is 6.38. The van der Waals surface area contributed by atoms with E-state index in [2.05, 4.69) is 10.3 Å². The fourth-order valence-electron chi connectivity index (χ4n) is 2.74. The second kappa shape index (κ2) is 6.49. The topological polar surface area (TPSA) is 93.5 Å². The van der Waals surface area contributed by atoms with Crippen molar-refractivity contribution >= 4 is 5.91 Å². The van der Waals surface area contributed by atoms with Crippen LogP contribution in [0.3, 0.4) is 0 Å². The Bertz CT molecular complexity index is 940. The van der Waals surface area contributed by atoms with Gasteiger partial charge in [0.25, 0.3) is 11.5 Å². The molecule has 2 heterocycles. The molecule has 0 spiro atoms. The van der Waals surface area contributed by atoms with Crippen LogP contribution in [0, 0.1) is 11.6 Å². The van der Waals surface area contributed by atoms with E-state index in [0.717, 1.165) is 12.1 Å². The number of nitrogens with zero attached hydrogens (tertiary/aromatic N) is 2. The normalized spacial score (nSPS) is 15.4. The number of carbonyl (C=O) groups is 1. The van der Waals surface area contributed by atoms with Crippen LogP contribution in [0.5, 0.6) is 5.75 Å². The van der Waals surface area contributed by atoms with Crippen LogP contribution >= 0.6 is 0 Å². The van der Waals surface area contributed by atoms with Gasteiger partial charge in [0, 0.05) is 6.54 Å². The lowest BCUT2D eigenvalue weighted by molar-refractivity contribution is -0.0566. The largest absolute Gasteiger partial charge is 0.501 e. The molecule has 2 N–H and O–H groups in total. The highest BCUT2D eigenvalue weighted by Crippen LogP contribution is 2.27. The minimum atomic E-state index is -1.04. The van der Waals surface area contributed by atoms with Gasteiger partial charge in [-0.05, 0) is 31.5 Å². The summed E-state index contributed by atoms with van der Waals surface area (Å²) in [7, 11) is 0. The molecule has 7 nitrogen and oxygen atoms in total. The molecule has 1 aromatic carbocycles. The number of hydrogen-bond acceptors (Lipinski definition) is 5. The van der Waals surface area contributed by atoms with E-state index in [9.17, 15) is 23.5 Å². The fraction of sp³-hybridized carbons (Fsp3) is 0.353. The maximum absolute atomic E-state index is 13.2. The molecule has 1 amide bonds. The zero-order valence-electron chi connectivity index (χ0n) is 14.2. The van der Waals surface area contributed by atoms with Crippen molar-refractivity contribution in [1.82, 2.24) is 14.9 Å². The highest BCUT2D eigenvalue weighted by atomic mass is 19.2. The van der Waals surface area contributed by atoms with Crippen molar-refractivity contribution in [2.24, 2.45) is 0 Å². The van der Waals surface area contributed by atoms with Crippen LogP contribution in [-0.4, -0.2) is 27.2 Å². The van der Waals surface area contributed by atoms with E-state index in [-0.39, 0.29) is 25.5 Å². The smallest absolute Gasteiger partial charge is 0.296 e. The average Bonchev–Trinajstić information content (AvgIpc) is 2.59. The molecule has 0 atom stereocenters. The van der Waals surface area contributed by atoms with Crippen molar-refractivity contribution in [3.8, 4) is 5.75 Å². The standard InChI is InChI=1S/C17H17F2N3O4/c1-17(2)16-21-12(13(23)15(25)22(16)5-6-26-17)14(24)20-8-9-3-4-10(18)11(19)7-9/h3-4,7,23H,5-6,8H2,1-2H3,(H,20,24). The highest BCUT2D eigenvalue weighted by Gasteiger charge is 2.34. The third-order valence-corrected chi connectivity index (χ3v) is 4.11. The minimum Gasteiger partial charge on any atom is -0.501 e. The summed E-state index contributed by atoms with van der Waals surface area (Å²) in [5.74, 6) is -3.39. The summed E-state index contributed by atoms with van der Waals surface area (Å²) in [6.07, 6.45) is 0. The van der Waals surface area contributed by atoms with Crippen LogP contribution in [-0.2, 0) is 23.4 Å². The molecule has 0 saturated heterocycles. The van der Waals surface area contributed by atoms with Gasteiger partial charge in [-0.15, -0.1) is 0 Å². The first-order valence-electron chi connectivity index (χ1n) is 7.91. The van der Waals surface area contributed by atoms with Gasteiger partial charge in [0.2, 0.25) is 5.75 Å². The van der Waals surface area contributed by atoms with Gasteiger partial charge in [-0.25, -0.2) is 13.8 Å². The molecule has 1 aliphatic heterocycles. The summed E-state index contributed by atoms with van der Waals surface area (Å²) in [6, 6.07) is 3.20. The molecule has 138 valence electrons. The predicted octanol–water partition coefficient (Wildman–Crippen LogP) is 1.42. The number of ether oxygens (including phenoxy) is 1. The Hall–Kier alpha value is -2.81. The fourth-order valence-corrected chi connectivity index (χ4v) is 2.74. The molecule has 1 aliphatic rings. The van der Waals surface area contributed by atoms with Gasteiger partial charge in [-0.2, -0.15) is 0 Å². The summed E-state index contributed by atoms with van der Waals surface area (Å²) < 4.78 is 33.0. The van der Waals surface area contributed by atoms with Crippen LogP contribution in [0.4, 0.5) is 8.78 Å². The van der Waals surface area contributed by atoms with E-state index < -0.39 is 40.1 Å². The van der Waals surface area contributed by atoms with Crippen LogP contribution in [0.1, 0.15) is 35.7 Å². The number of halogens is 2. The predicted molar refractivity (Wildman–Crippen MR) is 86.7 cm³/mol. The number of carbonyl (C=O) groups excluding carboxylic acids is 1. The number of rotatable bonds is 3. The maximum Gasteiger partial charge on any atom is 0.296 e. The first-order valence-corrected chi connectivity index (χ1v) is 7.91. The van der Waals surface area contributed by atoms with Crippen molar-refractivity contribution in [2.45, 2.75) is 32.5 Å². The second-order valence-electron chi connectivity index (χ2n) is 6.38. The molecule has 0 aliphatic carbocycles. The van der Waals surface area contributed by atoms with Gasteiger partial charge >= 0.3 is 0 Å². The van der Waals surface area contributed by atoms with Gasteiger partial charge in [-0.3, -0.25) is 14.2 Å². The molecule has 0 radical (unpaired) electrons. The maximum atomic E-state index is 13.2. The minimum absolute atomic E-state index is 0.129. The molecule has 3 rings (SSSR count). The van der Waals surface area contributed by atoms with Crippen molar-refractivity contribution in [1.29, 1.82) is 0 Å². The first kappa shape index (κ1) is 18.0. The third-order valence-electron chi connectivity index (χ3n) is 4.11. The van der Waals surface area contributed by atoms with Crippen LogP contribution < -0.4 is 10.9 Å². The number of hydrogen-bond donors (Lipinski definition) is 2. The Labute approximate surface area is 147 Å². The highest BCUT2D eigenvalue weighted by molar-refractivity contribution is 5.94. The Balaban J connectivity index is 1.89. The van der Waals surface area contributed by atoms with Crippen molar-refractivity contribution in [2.75, 3.05) is 6.61 Å². The lowest BCUT2D eigenvalue weighted by atomic mass is 10.1. The van der Waals surface area contributed by atoms with Gasteiger partial charge < -0.3 is 15.2 Å². The summed E-state index contributed by atoms with van der Waals surface area (Å²) in [4.78, 5) is 28.8. The van der Waals surface area contributed by atoms with Gasteiger partial charge in [0.1, 0.15) is 11.4 Å². The zero-order valence-corrected chi connectivity index (χ0v) is 14.2. The lowest BCUT2D eigenvalue weighted by Crippen LogP contribution is -2.42. The van der Waals surface area contributed by atoms with Crippen LogP contribution in [0.15, 0.2) is 23.0 Å². The molecule has 9 heteroatoms. The summed E-state index contributed by atoms with van der Waals surface area (Å²) in [6.45, 7) is 3.77. The Morgan fingerprint density at radius 2 is 2.12 bits per heavy atom. The van der Waals surface area contributed by atoms with E-state index in [4.69, 9.17) is 4.74 Å². The van der Waals surface area contributed by atoms with Crippen molar-refractivity contribution < 1.29 is 23.4 Å². The Kier molecular flexibility index (Phi) is 4.49. The molecule has 0 unspecified atom stereocenters. The number of fused-ring (bicyclic) bond motifs is 1. The van der Waals surface area contributed by atoms with E-state index in [1.54, 1.807) is 13.8 Å². The van der Waals surface area contributed by atoms with E-state index in [1.807, 2.05) is 0 Å². The monoisotopic (exact) mass is 365 g/mol. The molecular weight excluding hydrogens is 348 g/mol. The molecule has 2 aromatic rings. The van der Waals surface area contributed by atoms with Gasteiger partial charge in [0.05, 0.1) is 13.2 Å². The van der Waals surface area contributed by atoms with E-state index in [1.165, 1.54) is 10.6 Å². The molecule has 26 heavy (non-hydrogen) atoms. The average molecular weight is 365 g/mol. The number of benzene rings is 1. The van der Waals surface area contributed by atoms with Gasteiger partial charge in [0.15, 0.2) is 17.3 Å². The molecule has 0 saturated carbocycles. The van der Waals surface area contributed by atoms with E-state index in [0.29, 0.717) is 5.56 Å². The van der Waals surface area contributed by atoms with Crippen LogP contribution in [0.25, 0.3) is 0 Å². The molecular formula is C17H17F2N3O4. The molecule has 0 fully saturated rings. The summed E-state index contributed by atoms with van der Waals surface area (Å²) in [5, 5.41) is 12.5. The summed E-state index contributed by atoms with van der Waals surface area (Å²) >= 11 is 0. The Morgan fingerprint density at radius 3 is 2.81 bits per heavy atom. The van der Waals surface area contributed by atoms with Gasteiger partial charge in [-0.1, -0.05) is 6.07 Å². The first-order chi connectivity index (χ1) is 12.2. The summed E-state index contributed by atoms with van der Waals surface area (Å²) in [5.41, 5.74) is -1.76. The quantitative estimate of drug-likeness (QED) is 0.858. The lowest BCUT2D eigenvalue weighted by Gasteiger charge is -2.32. The van der Waals surface area contributed by atoms with E-state index >= 15 is 0 Å². The number of amides is 1. The number of aromatic nitrogens is 2. The molecule has 0 bridgehead atoms. The zero-order chi connectivity index (χ0) is 19.1. The van der Waals surface area contributed by atoms with Crippen molar-refractivity contribution in [3.05, 3.63) is 57.3 Å². The SMILES string of the molecule is CC1(C)OCCn2c1nc(C(=O)NCc1ccc(F)c(F)c1)c(O)c2=O.